The summed E-state index contributed by atoms with van der Waals surface area (Å²) in [6.07, 6.45) is 0. The fourth-order valence-electron chi connectivity index (χ4n) is 20.5. The fraction of sp³-hybridized carbons (Fsp3) is 0.0204. The molecule has 103 heavy (non-hydrogen) atoms. The topological polar surface area (TPSA) is 16.3 Å². The number of hydrogen-bond acceptors (Lipinski definition) is 2. The van der Waals surface area contributed by atoms with Crippen LogP contribution in [0.15, 0.2) is 358 Å². The highest BCUT2D eigenvalue weighted by Gasteiger charge is 2.57. The molecule has 0 radical (unpaired) electrons. The van der Waals surface area contributed by atoms with Crippen LogP contribution in [0.5, 0.6) is 0 Å². The molecule has 0 N–H and O–H groups in total. The van der Waals surface area contributed by atoms with Crippen LogP contribution >= 0.6 is 0 Å². The van der Waals surface area contributed by atoms with Crippen molar-refractivity contribution >= 4 is 101 Å². The van der Waals surface area contributed by atoms with Gasteiger partial charge >= 0.3 is 0 Å². The minimum absolute atomic E-state index is 0.251. The molecule has 5 heteroatoms. The Morgan fingerprint density at radius 1 is 0.214 bits per heavy atom. The number of anilines is 6. The third-order valence-electron chi connectivity index (χ3n) is 24.3. The Morgan fingerprint density at radius 3 is 1.11 bits per heavy atom. The van der Waals surface area contributed by atoms with Crippen molar-refractivity contribution in [2.75, 3.05) is 9.80 Å². The molecule has 0 bridgehead atoms. The Kier molecular flexibility index (Phi) is 10.9. The summed E-state index contributed by atoms with van der Waals surface area (Å²) in [6.45, 7) is -0.251. The molecule has 2 spiro atoms. The Bertz CT molecular complexity index is 6570. The molecule has 4 aliphatic carbocycles. The lowest BCUT2D eigenvalue weighted by atomic mass is 9.33. The first-order valence-corrected chi connectivity index (χ1v) is 36.1. The van der Waals surface area contributed by atoms with E-state index in [1.165, 1.54) is 155 Å². The molecule has 4 nitrogen and oxygen atoms in total. The lowest BCUT2D eigenvalue weighted by molar-refractivity contribution is 0.790. The molecule has 474 valence electrons. The maximum absolute atomic E-state index is 2.79. The largest absolute Gasteiger partial charge is 0.311 e. The smallest absolute Gasteiger partial charge is 0.252 e. The lowest BCUT2D eigenvalue weighted by Crippen LogP contribution is -2.61. The number of fused-ring (bicyclic) bond motifs is 30. The van der Waals surface area contributed by atoms with Crippen LogP contribution < -0.4 is 26.2 Å². The molecule has 0 saturated heterocycles. The summed E-state index contributed by atoms with van der Waals surface area (Å²) < 4.78 is 5.05. The Labute approximate surface area is 596 Å². The van der Waals surface area contributed by atoms with Crippen LogP contribution in [0.1, 0.15) is 44.5 Å². The minimum Gasteiger partial charge on any atom is -0.311 e. The average molecular weight is 1300 g/mol. The fourth-order valence-corrected chi connectivity index (χ4v) is 20.5. The van der Waals surface area contributed by atoms with Crippen LogP contribution in [0.25, 0.3) is 111 Å². The third kappa shape index (κ3) is 6.97. The summed E-state index contributed by atoms with van der Waals surface area (Å²) in [5.74, 6) is 0. The van der Waals surface area contributed by atoms with Crippen LogP contribution in [-0.2, 0) is 10.8 Å². The minimum atomic E-state index is -0.683. The predicted molar refractivity (Wildman–Crippen MR) is 427 cm³/mol. The van der Waals surface area contributed by atoms with E-state index in [2.05, 4.69) is 377 Å². The van der Waals surface area contributed by atoms with Gasteiger partial charge in [-0.15, -0.1) is 0 Å². The zero-order valence-electron chi connectivity index (χ0n) is 55.9. The second kappa shape index (κ2) is 20.3. The van der Waals surface area contributed by atoms with E-state index >= 15 is 0 Å². The molecule has 0 unspecified atom stereocenters. The predicted octanol–water partition coefficient (Wildman–Crippen LogP) is 22.3. The molecular weight excluding hydrogens is 1240 g/mol. The number of aromatic nitrogens is 2. The van der Waals surface area contributed by atoms with Gasteiger partial charge < -0.3 is 18.9 Å². The molecule has 0 fully saturated rings. The first-order valence-electron chi connectivity index (χ1n) is 36.1. The zero-order valence-corrected chi connectivity index (χ0v) is 55.9. The normalized spacial score (nSPS) is 14.3. The molecule has 0 saturated carbocycles. The molecule has 2 aromatic heterocycles. The van der Waals surface area contributed by atoms with Crippen molar-refractivity contribution in [3.8, 4) is 67.0 Å². The van der Waals surface area contributed by atoms with Gasteiger partial charge in [-0.2, -0.15) is 0 Å². The quantitative estimate of drug-likeness (QED) is 0.160. The van der Waals surface area contributed by atoms with Crippen molar-refractivity contribution in [3.05, 3.63) is 402 Å². The molecule has 4 heterocycles. The highest BCUT2D eigenvalue weighted by atomic mass is 15.2. The number of para-hydroxylation sites is 4. The van der Waals surface area contributed by atoms with E-state index in [9.17, 15) is 0 Å². The second-order valence-electron chi connectivity index (χ2n) is 28.8. The van der Waals surface area contributed by atoms with E-state index in [0.29, 0.717) is 0 Å². The first-order chi connectivity index (χ1) is 51.1. The summed E-state index contributed by atoms with van der Waals surface area (Å²) in [6, 6.07) is 137. The molecule has 0 amide bonds. The van der Waals surface area contributed by atoms with Gasteiger partial charge in [-0.05, 0) is 184 Å². The molecule has 0 atom stereocenters. The maximum atomic E-state index is 2.79. The summed E-state index contributed by atoms with van der Waals surface area (Å²) in [4.78, 5) is 5.42. The molecule has 2 aliphatic heterocycles. The van der Waals surface area contributed by atoms with Gasteiger partial charge in [0.2, 0.25) is 0 Å². The standard InChI is InChI=1S/C98H59BN4/c1-2-25-60(26-3-1)61-49-51-62(52-50-61)100-91-55-63(101-86-44-20-10-33-71(86)72-34-11-21-45-87(72)101)53-54-84(91)99-85-58-76-70-32-9-16-40-79(70)97(77-38-14-4-27-65(77)66-28-5-15-39-78(66)97)83(76)59-92(85)103(94-57-64(56-93(100)96(94)99)102-88-46-22-12-35-73(88)74-36-13-23-47-89(74)102)90-48-24-37-75-69-31-8-19-43-82(69)98(95(75)90)80-41-17-6-29-67(80)68-30-7-18-42-81(68)98/h1-59H. The molecule has 18 aromatic rings. The van der Waals surface area contributed by atoms with Gasteiger partial charge in [0.05, 0.1) is 44.3 Å². The molecular formula is C98H59BN4. The van der Waals surface area contributed by atoms with Gasteiger partial charge in [-0.1, -0.05) is 285 Å². The Hall–Kier alpha value is -13.2. The SMILES string of the molecule is c1ccc(-c2ccc(N3c4cc(-n5c6ccccc6c6ccccc65)ccc4B4c5cc6c(cc5N(c5cccc7c5C5(c8ccccc8-c8ccccc85)c5ccccc5-7)c5cc(-n7c8ccccc8c8ccccc87)cc3c54)C3(c4ccccc4-c4ccccc43)c3ccccc3-6)cc2)cc1. The van der Waals surface area contributed by atoms with Gasteiger partial charge in [-0.3, -0.25) is 0 Å². The van der Waals surface area contributed by atoms with E-state index in [-0.39, 0.29) is 6.71 Å². The van der Waals surface area contributed by atoms with Gasteiger partial charge in [-0.25, -0.2) is 0 Å². The Balaban J connectivity index is 0.882. The van der Waals surface area contributed by atoms with Crippen molar-refractivity contribution in [3.63, 3.8) is 0 Å². The second-order valence-corrected chi connectivity index (χ2v) is 28.8. The third-order valence-corrected chi connectivity index (χ3v) is 24.3. The van der Waals surface area contributed by atoms with Gasteiger partial charge in [0.15, 0.2) is 0 Å². The van der Waals surface area contributed by atoms with Gasteiger partial charge in [0.1, 0.15) is 0 Å². The average Bonchev–Trinajstić information content (AvgIpc) is 1.55. The van der Waals surface area contributed by atoms with E-state index in [1.807, 2.05) is 0 Å². The lowest BCUT2D eigenvalue weighted by Gasteiger charge is -2.46. The van der Waals surface area contributed by atoms with Crippen molar-refractivity contribution in [2.24, 2.45) is 0 Å². The van der Waals surface area contributed by atoms with Crippen LogP contribution in [0, 0.1) is 0 Å². The van der Waals surface area contributed by atoms with Crippen LogP contribution in [0.4, 0.5) is 34.1 Å². The number of rotatable bonds is 5. The number of benzene rings is 16. The summed E-state index contributed by atoms with van der Waals surface area (Å²) in [7, 11) is 0. The van der Waals surface area contributed by atoms with Crippen molar-refractivity contribution in [1.29, 1.82) is 0 Å². The highest BCUT2D eigenvalue weighted by Crippen LogP contribution is 2.68. The van der Waals surface area contributed by atoms with Gasteiger partial charge in [0.25, 0.3) is 6.71 Å². The summed E-state index contributed by atoms with van der Waals surface area (Å²) >= 11 is 0. The molecule has 6 aliphatic rings. The number of nitrogens with zero attached hydrogens (tertiary/aromatic N) is 4. The molecule has 16 aromatic carbocycles. The van der Waals surface area contributed by atoms with Gasteiger partial charge in [0, 0.05) is 61.2 Å². The van der Waals surface area contributed by atoms with Crippen LogP contribution in [-0.4, -0.2) is 15.8 Å². The first kappa shape index (κ1) is 55.6. The highest BCUT2D eigenvalue weighted by molar-refractivity contribution is 7.00. The van der Waals surface area contributed by atoms with Crippen molar-refractivity contribution < 1.29 is 0 Å². The van der Waals surface area contributed by atoms with Crippen molar-refractivity contribution in [1.82, 2.24) is 9.13 Å². The summed E-state index contributed by atoms with van der Waals surface area (Å²) in [5, 5.41) is 4.90. The van der Waals surface area contributed by atoms with Crippen LogP contribution in [0.3, 0.4) is 0 Å². The Morgan fingerprint density at radius 2 is 0.592 bits per heavy atom. The van der Waals surface area contributed by atoms with E-state index < -0.39 is 10.8 Å². The number of hydrogen-bond donors (Lipinski definition) is 0. The van der Waals surface area contributed by atoms with Crippen LogP contribution in [0.2, 0.25) is 0 Å². The summed E-state index contributed by atoms with van der Waals surface area (Å²) in [5.41, 5.74) is 39.2. The monoisotopic (exact) mass is 1300 g/mol. The van der Waals surface area contributed by atoms with Crippen molar-refractivity contribution in [2.45, 2.75) is 10.8 Å². The zero-order chi connectivity index (χ0) is 67.0. The van der Waals surface area contributed by atoms with E-state index in [4.69, 9.17) is 0 Å². The van der Waals surface area contributed by atoms with E-state index in [0.717, 1.165) is 50.8 Å². The molecule has 24 rings (SSSR count). The van der Waals surface area contributed by atoms with E-state index in [1.54, 1.807) is 0 Å². The maximum Gasteiger partial charge on any atom is 0.252 e.